The van der Waals surface area contributed by atoms with E-state index < -0.39 is 5.91 Å². The van der Waals surface area contributed by atoms with Gasteiger partial charge in [-0.15, -0.1) is 0 Å². The van der Waals surface area contributed by atoms with Crippen molar-refractivity contribution in [2.75, 3.05) is 11.5 Å². The number of carbonyl (C=O) groups excluding carboxylic acids is 2. The van der Waals surface area contributed by atoms with Crippen molar-refractivity contribution < 1.29 is 19.4 Å². The van der Waals surface area contributed by atoms with E-state index in [1.165, 1.54) is 6.07 Å². The molecule has 1 N–H and O–H groups in total. The molecule has 5 nitrogen and oxygen atoms in total. The predicted molar refractivity (Wildman–Crippen MR) is 111 cm³/mol. The molecule has 3 aromatic carbocycles. The molecule has 1 aliphatic carbocycles. The third-order valence-electron chi connectivity index (χ3n) is 5.18. The van der Waals surface area contributed by atoms with E-state index in [9.17, 15) is 14.7 Å². The second kappa shape index (κ2) is 6.63. The Balaban J connectivity index is 1.48. The maximum Gasteiger partial charge on any atom is 0.266 e. The molecule has 2 aliphatic rings. The number of phenolic OH excluding ortho intramolecular Hbond substituents is 1. The van der Waals surface area contributed by atoms with E-state index >= 15 is 0 Å². The van der Waals surface area contributed by atoms with Gasteiger partial charge < -0.3 is 9.84 Å². The molecule has 0 spiro atoms. The van der Waals surface area contributed by atoms with Gasteiger partial charge in [0.1, 0.15) is 18.1 Å². The number of hydrogen-bond acceptors (Lipinski definition) is 4. The molecule has 0 atom stereocenters. The largest absolute Gasteiger partial charge is 0.508 e. The van der Waals surface area contributed by atoms with Gasteiger partial charge in [0.2, 0.25) is 0 Å². The van der Waals surface area contributed by atoms with Crippen molar-refractivity contribution >= 4 is 28.3 Å². The molecule has 0 unspecified atom stereocenters. The number of allylic oxidation sites excluding steroid dienone is 2. The van der Waals surface area contributed by atoms with Gasteiger partial charge in [-0.25, -0.2) is 4.90 Å². The minimum Gasteiger partial charge on any atom is -0.508 e. The lowest BCUT2D eigenvalue weighted by Crippen LogP contribution is -2.40. The summed E-state index contributed by atoms with van der Waals surface area (Å²) in [7, 11) is 0. The Kier molecular flexibility index (Phi) is 3.95. The Hall–Kier alpha value is -3.86. The molecule has 0 bridgehead atoms. The first-order valence-electron chi connectivity index (χ1n) is 9.35. The summed E-state index contributed by atoms with van der Waals surface area (Å²) < 4.78 is 5.76. The number of benzene rings is 3. The molecule has 0 radical (unpaired) electrons. The molecule has 3 aromatic rings. The van der Waals surface area contributed by atoms with Gasteiger partial charge in [-0.3, -0.25) is 9.59 Å². The Labute approximate surface area is 167 Å². The van der Waals surface area contributed by atoms with Crippen LogP contribution < -0.4 is 9.64 Å². The van der Waals surface area contributed by atoms with E-state index in [-0.39, 0.29) is 11.7 Å². The molecule has 2 amide bonds. The summed E-state index contributed by atoms with van der Waals surface area (Å²) in [6.07, 6.45) is 7.14. The molecule has 5 rings (SSSR count). The molecule has 1 aliphatic heterocycles. The van der Waals surface area contributed by atoms with Crippen molar-refractivity contribution in [3.63, 3.8) is 0 Å². The van der Waals surface area contributed by atoms with Gasteiger partial charge in [-0.1, -0.05) is 30.4 Å². The van der Waals surface area contributed by atoms with Crippen LogP contribution in [0.1, 0.15) is 27.1 Å². The fraction of sp³-hybridized carbons (Fsp3) is 0.0833. The van der Waals surface area contributed by atoms with Crippen molar-refractivity contribution in [3.05, 3.63) is 89.5 Å². The van der Waals surface area contributed by atoms with Gasteiger partial charge >= 0.3 is 0 Å². The minimum absolute atomic E-state index is 0.00804. The van der Waals surface area contributed by atoms with Crippen LogP contribution in [0.15, 0.2) is 78.4 Å². The number of phenols is 1. The Morgan fingerprint density at radius 1 is 0.966 bits per heavy atom. The van der Waals surface area contributed by atoms with Gasteiger partial charge in [0.25, 0.3) is 11.8 Å². The van der Waals surface area contributed by atoms with Gasteiger partial charge in [0, 0.05) is 10.9 Å². The number of rotatable bonds is 4. The highest BCUT2D eigenvalue weighted by Gasteiger charge is 2.34. The van der Waals surface area contributed by atoms with E-state index in [4.69, 9.17) is 4.74 Å². The van der Waals surface area contributed by atoms with E-state index in [1.807, 2.05) is 6.08 Å². The smallest absolute Gasteiger partial charge is 0.266 e. The van der Waals surface area contributed by atoms with Crippen molar-refractivity contribution in [2.24, 2.45) is 0 Å². The Morgan fingerprint density at radius 3 is 2.52 bits per heavy atom. The lowest BCUT2D eigenvalue weighted by Gasteiger charge is -2.27. The summed E-state index contributed by atoms with van der Waals surface area (Å²) in [5, 5.41) is 11.2. The Bertz CT molecular complexity index is 1220. The van der Waals surface area contributed by atoms with E-state index in [2.05, 4.69) is 12.2 Å². The topological polar surface area (TPSA) is 66.8 Å². The second-order valence-electron chi connectivity index (χ2n) is 7.04. The van der Waals surface area contributed by atoms with Crippen LogP contribution in [0.25, 0.3) is 10.8 Å². The molecule has 29 heavy (non-hydrogen) atoms. The maximum atomic E-state index is 13.1. The SMILES string of the molecule is O=C1c2cccc3cc(O)cc(c23)C(=O)N1c1ccc(OCC2=CCC=C2)cc1. The average molecular weight is 383 g/mol. The first-order chi connectivity index (χ1) is 14.1. The normalized spacial score (nSPS) is 15.2. The lowest BCUT2D eigenvalue weighted by molar-refractivity contribution is 0.0893. The van der Waals surface area contributed by atoms with Crippen LogP contribution in [-0.4, -0.2) is 23.5 Å². The molecule has 1 heterocycles. The van der Waals surface area contributed by atoms with Crippen LogP contribution in [0.2, 0.25) is 0 Å². The summed E-state index contributed by atoms with van der Waals surface area (Å²) >= 11 is 0. The zero-order valence-electron chi connectivity index (χ0n) is 15.5. The average Bonchev–Trinajstić information content (AvgIpc) is 3.25. The van der Waals surface area contributed by atoms with Crippen LogP contribution in [0.5, 0.6) is 11.5 Å². The summed E-state index contributed by atoms with van der Waals surface area (Å²) in [6.45, 7) is 0.478. The van der Waals surface area contributed by atoms with Crippen molar-refractivity contribution in [3.8, 4) is 11.5 Å². The van der Waals surface area contributed by atoms with Crippen LogP contribution in [0, 0.1) is 0 Å². The van der Waals surface area contributed by atoms with Crippen molar-refractivity contribution in [1.82, 2.24) is 0 Å². The molecule has 0 fully saturated rings. The van der Waals surface area contributed by atoms with E-state index in [1.54, 1.807) is 48.5 Å². The van der Waals surface area contributed by atoms with Crippen molar-refractivity contribution in [1.29, 1.82) is 0 Å². The third-order valence-corrected chi connectivity index (χ3v) is 5.18. The highest BCUT2D eigenvalue weighted by molar-refractivity contribution is 6.35. The molecule has 0 saturated heterocycles. The molecule has 142 valence electrons. The monoisotopic (exact) mass is 383 g/mol. The molecule has 0 saturated carbocycles. The number of hydrogen-bond donors (Lipinski definition) is 1. The quantitative estimate of drug-likeness (QED) is 0.668. The molecule has 0 aromatic heterocycles. The summed E-state index contributed by atoms with van der Waals surface area (Å²) in [5.41, 5.74) is 2.34. The summed E-state index contributed by atoms with van der Waals surface area (Å²) in [5.74, 6) is -0.184. The number of nitrogens with zero attached hydrogens (tertiary/aromatic N) is 1. The highest BCUT2D eigenvalue weighted by atomic mass is 16.5. The fourth-order valence-corrected chi connectivity index (χ4v) is 3.80. The van der Waals surface area contributed by atoms with Crippen LogP contribution in [-0.2, 0) is 0 Å². The number of anilines is 1. The highest BCUT2D eigenvalue weighted by Crippen LogP contribution is 2.35. The van der Waals surface area contributed by atoms with Crippen LogP contribution >= 0.6 is 0 Å². The standard InChI is InChI=1S/C24H17NO4/c26-18-12-16-6-3-7-20-22(16)21(13-18)24(28)25(23(20)27)17-8-10-19(11-9-17)29-14-15-4-1-2-5-15/h1,3-13,26H,2,14H2. The first kappa shape index (κ1) is 17.3. The van der Waals surface area contributed by atoms with Gasteiger partial charge in [0.05, 0.1) is 11.3 Å². The van der Waals surface area contributed by atoms with E-state index in [0.717, 1.165) is 16.9 Å². The molecule has 5 heteroatoms. The maximum absolute atomic E-state index is 13.1. The number of amides is 2. The van der Waals surface area contributed by atoms with Crippen LogP contribution in [0.4, 0.5) is 5.69 Å². The molecular formula is C24H17NO4. The van der Waals surface area contributed by atoms with Crippen molar-refractivity contribution in [2.45, 2.75) is 6.42 Å². The van der Waals surface area contributed by atoms with Gasteiger partial charge in [-0.05, 0) is 59.8 Å². The summed E-state index contributed by atoms with van der Waals surface area (Å²) in [6, 6.07) is 15.1. The predicted octanol–water partition coefficient (Wildman–Crippen LogP) is 4.61. The van der Waals surface area contributed by atoms with Gasteiger partial charge in [0.15, 0.2) is 0 Å². The van der Waals surface area contributed by atoms with E-state index in [0.29, 0.717) is 39.9 Å². The third kappa shape index (κ3) is 2.88. The number of carbonyl (C=O) groups is 2. The fourth-order valence-electron chi connectivity index (χ4n) is 3.80. The minimum atomic E-state index is -0.454. The zero-order chi connectivity index (χ0) is 20.0. The lowest BCUT2D eigenvalue weighted by atomic mass is 9.93. The summed E-state index contributed by atoms with van der Waals surface area (Å²) in [4.78, 5) is 27.3. The number of imide groups is 1. The Morgan fingerprint density at radius 2 is 1.76 bits per heavy atom. The second-order valence-corrected chi connectivity index (χ2v) is 7.04. The number of aromatic hydroxyl groups is 1. The molecular weight excluding hydrogens is 366 g/mol. The van der Waals surface area contributed by atoms with Gasteiger partial charge in [-0.2, -0.15) is 0 Å². The first-order valence-corrected chi connectivity index (χ1v) is 9.35. The number of ether oxygens (including phenoxy) is 1. The zero-order valence-corrected chi connectivity index (χ0v) is 15.5. The van der Waals surface area contributed by atoms with Crippen LogP contribution in [0.3, 0.4) is 0 Å².